The fourth-order valence-electron chi connectivity index (χ4n) is 2.22. The van der Waals surface area contributed by atoms with E-state index in [4.69, 9.17) is 0 Å². The van der Waals surface area contributed by atoms with Gasteiger partial charge in [-0.1, -0.05) is 19.1 Å². The number of carbonyl (C=O) groups excluding carboxylic acids is 1. The number of benzene rings is 1. The first-order valence-corrected chi connectivity index (χ1v) is 8.42. The van der Waals surface area contributed by atoms with Crippen LogP contribution < -0.4 is 5.32 Å². The molecule has 1 aromatic rings. The molecule has 0 aliphatic carbocycles. The van der Waals surface area contributed by atoms with Crippen molar-refractivity contribution in [1.29, 1.82) is 0 Å². The summed E-state index contributed by atoms with van der Waals surface area (Å²) in [6, 6.07) is 7.74. The van der Waals surface area contributed by atoms with Crippen molar-refractivity contribution in [2.24, 2.45) is 5.92 Å². The van der Waals surface area contributed by atoms with E-state index >= 15 is 0 Å². The third-order valence-electron chi connectivity index (χ3n) is 3.56. The van der Waals surface area contributed by atoms with Crippen molar-refractivity contribution in [3.63, 3.8) is 0 Å². The summed E-state index contributed by atoms with van der Waals surface area (Å²) in [5.41, 5.74) is 2.00. The van der Waals surface area contributed by atoms with Crippen LogP contribution >= 0.6 is 0 Å². The van der Waals surface area contributed by atoms with Crippen LogP contribution in [0.1, 0.15) is 25.3 Å². The molecule has 0 unspecified atom stereocenters. The fourth-order valence-corrected chi connectivity index (χ4v) is 3.71. The SMILES string of the molecule is CCc1ccc(NC(=O)C2CCS(=O)(=O)CC2)cc1. The van der Waals surface area contributed by atoms with E-state index in [1.54, 1.807) is 0 Å². The van der Waals surface area contributed by atoms with Gasteiger partial charge in [-0.05, 0) is 37.0 Å². The lowest BCUT2D eigenvalue weighted by atomic mass is 10.0. The van der Waals surface area contributed by atoms with Crippen molar-refractivity contribution >= 4 is 21.4 Å². The summed E-state index contributed by atoms with van der Waals surface area (Å²) in [5, 5.41) is 2.86. The molecule has 0 spiro atoms. The molecule has 1 aliphatic rings. The molecule has 1 fully saturated rings. The zero-order chi connectivity index (χ0) is 13.9. The summed E-state index contributed by atoms with van der Waals surface area (Å²) in [5.74, 6) is -0.00627. The first-order valence-electron chi connectivity index (χ1n) is 6.60. The summed E-state index contributed by atoms with van der Waals surface area (Å²) >= 11 is 0. The smallest absolute Gasteiger partial charge is 0.227 e. The van der Waals surface area contributed by atoms with Gasteiger partial charge < -0.3 is 5.32 Å². The molecular weight excluding hydrogens is 262 g/mol. The van der Waals surface area contributed by atoms with Crippen LogP contribution in [0.2, 0.25) is 0 Å². The lowest BCUT2D eigenvalue weighted by Crippen LogP contribution is -2.31. The minimum atomic E-state index is -2.91. The van der Waals surface area contributed by atoms with Gasteiger partial charge in [0.1, 0.15) is 9.84 Å². The van der Waals surface area contributed by atoms with Crippen molar-refractivity contribution < 1.29 is 13.2 Å². The summed E-state index contributed by atoms with van der Waals surface area (Å²) in [7, 11) is -2.91. The molecule has 4 nitrogen and oxygen atoms in total. The lowest BCUT2D eigenvalue weighted by molar-refractivity contribution is -0.120. The first kappa shape index (κ1) is 14.1. The highest BCUT2D eigenvalue weighted by Gasteiger charge is 2.28. The molecule has 1 aromatic carbocycles. The normalized spacial score (nSPS) is 19.0. The van der Waals surface area contributed by atoms with Gasteiger partial charge in [-0.3, -0.25) is 4.79 Å². The van der Waals surface area contributed by atoms with Crippen LogP contribution in [0.3, 0.4) is 0 Å². The Morgan fingerprint density at radius 1 is 1.21 bits per heavy atom. The number of aryl methyl sites for hydroxylation is 1. The number of carbonyl (C=O) groups is 1. The second-order valence-electron chi connectivity index (χ2n) is 4.97. The van der Waals surface area contributed by atoms with Crippen LogP contribution in [-0.4, -0.2) is 25.8 Å². The largest absolute Gasteiger partial charge is 0.326 e. The second kappa shape index (κ2) is 5.74. The average molecular weight is 281 g/mol. The van der Waals surface area contributed by atoms with Gasteiger partial charge in [0.25, 0.3) is 0 Å². The molecule has 5 heteroatoms. The Bertz CT molecular complexity index is 535. The number of anilines is 1. The van der Waals surface area contributed by atoms with E-state index in [0.29, 0.717) is 12.8 Å². The molecule has 2 rings (SSSR count). The van der Waals surface area contributed by atoms with Gasteiger partial charge >= 0.3 is 0 Å². The van der Waals surface area contributed by atoms with Crippen molar-refractivity contribution in [2.45, 2.75) is 26.2 Å². The van der Waals surface area contributed by atoms with Gasteiger partial charge in [-0.25, -0.2) is 8.42 Å². The minimum Gasteiger partial charge on any atom is -0.326 e. The Morgan fingerprint density at radius 2 is 1.79 bits per heavy atom. The van der Waals surface area contributed by atoms with E-state index in [1.807, 2.05) is 24.3 Å². The minimum absolute atomic E-state index is 0.0702. The maximum atomic E-state index is 12.0. The van der Waals surface area contributed by atoms with Gasteiger partial charge in [0.05, 0.1) is 11.5 Å². The molecule has 1 saturated heterocycles. The van der Waals surface area contributed by atoms with Gasteiger partial charge in [0.2, 0.25) is 5.91 Å². The fraction of sp³-hybridized carbons (Fsp3) is 0.500. The van der Waals surface area contributed by atoms with Crippen molar-refractivity contribution in [2.75, 3.05) is 16.8 Å². The molecule has 0 aromatic heterocycles. The summed E-state index contributed by atoms with van der Waals surface area (Å²) in [6.45, 7) is 2.08. The Morgan fingerprint density at radius 3 is 2.32 bits per heavy atom. The molecule has 104 valence electrons. The monoisotopic (exact) mass is 281 g/mol. The average Bonchev–Trinajstić information content (AvgIpc) is 2.39. The van der Waals surface area contributed by atoms with Crippen molar-refractivity contribution in [3.05, 3.63) is 29.8 Å². The number of nitrogens with one attached hydrogen (secondary N) is 1. The zero-order valence-electron chi connectivity index (χ0n) is 11.1. The van der Waals surface area contributed by atoms with Gasteiger partial charge in [0, 0.05) is 11.6 Å². The van der Waals surface area contributed by atoms with E-state index in [-0.39, 0.29) is 23.3 Å². The molecule has 19 heavy (non-hydrogen) atoms. The highest BCUT2D eigenvalue weighted by molar-refractivity contribution is 7.91. The second-order valence-corrected chi connectivity index (χ2v) is 7.27. The third kappa shape index (κ3) is 3.80. The highest BCUT2D eigenvalue weighted by atomic mass is 32.2. The number of hydrogen-bond acceptors (Lipinski definition) is 3. The van der Waals surface area contributed by atoms with Crippen LogP contribution in [0.4, 0.5) is 5.69 Å². The topological polar surface area (TPSA) is 63.2 Å². The molecule has 0 radical (unpaired) electrons. The molecule has 1 N–H and O–H groups in total. The van der Waals surface area contributed by atoms with Crippen molar-refractivity contribution in [1.82, 2.24) is 0 Å². The highest BCUT2D eigenvalue weighted by Crippen LogP contribution is 2.21. The van der Waals surface area contributed by atoms with Gasteiger partial charge in [-0.15, -0.1) is 0 Å². The number of sulfone groups is 1. The third-order valence-corrected chi connectivity index (χ3v) is 5.27. The molecule has 0 bridgehead atoms. The van der Waals surface area contributed by atoms with Crippen LogP contribution in [0.5, 0.6) is 0 Å². The van der Waals surface area contributed by atoms with Gasteiger partial charge in [0.15, 0.2) is 0 Å². The predicted octanol–water partition coefficient (Wildman–Crippen LogP) is 2.01. The Hall–Kier alpha value is -1.36. The molecule has 1 aliphatic heterocycles. The van der Waals surface area contributed by atoms with E-state index in [1.165, 1.54) is 5.56 Å². The number of amides is 1. The number of hydrogen-bond donors (Lipinski definition) is 1. The Kier molecular flexibility index (Phi) is 4.24. The standard InChI is InChI=1S/C14H19NO3S/c1-2-11-3-5-13(6-4-11)15-14(16)12-7-9-19(17,18)10-8-12/h3-6,12H,2,7-10H2,1H3,(H,15,16). The molecule has 0 saturated carbocycles. The summed E-state index contributed by atoms with van der Waals surface area (Å²) < 4.78 is 22.6. The van der Waals surface area contributed by atoms with E-state index in [2.05, 4.69) is 12.2 Å². The van der Waals surface area contributed by atoms with Crippen LogP contribution in [0.15, 0.2) is 24.3 Å². The van der Waals surface area contributed by atoms with Crippen molar-refractivity contribution in [3.8, 4) is 0 Å². The van der Waals surface area contributed by atoms with Gasteiger partial charge in [-0.2, -0.15) is 0 Å². The van der Waals surface area contributed by atoms with E-state index < -0.39 is 9.84 Å². The maximum Gasteiger partial charge on any atom is 0.227 e. The van der Waals surface area contributed by atoms with Crippen LogP contribution in [0, 0.1) is 5.92 Å². The first-order chi connectivity index (χ1) is 9.00. The van der Waals surface area contributed by atoms with E-state index in [0.717, 1.165) is 12.1 Å². The molecular formula is C14H19NO3S. The number of rotatable bonds is 3. The van der Waals surface area contributed by atoms with Crippen LogP contribution in [-0.2, 0) is 21.1 Å². The summed E-state index contributed by atoms with van der Waals surface area (Å²) in [4.78, 5) is 12.0. The molecule has 0 atom stereocenters. The Labute approximate surface area is 114 Å². The van der Waals surface area contributed by atoms with Crippen LogP contribution in [0.25, 0.3) is 0 Å². The predicted molar refractivity (Wildman–Crippen MR) is 75.8 cm³/mol. The Balaban J connectivity index is 1.94. The van der Waals surface area contributed by atoms with E-state index in [9.17, 15) is 13.2 Å². The molecule has 1 amide bonds. The molecule has 1 heterocycles. The summed E-state index contributed by atoms with van der Waals surface area (Å²) in [6.07, 6.45) is 1.83. The lowest BCUT2D eigenvalue weighted by Gasteiger charge is -2.21. The quantitative estimate of drug-likeness (QED) is 0.922. The zero-order valence-corrected chi connectivity index (χ0v) is 11.9. The maximum absolute atomic E-state index is 12.0.